The smallest absolute Gasteiger partial charge is 0.150 e. The summed E-state index contributed by atoms with van der Waals surface area (Å²) in [4.78, 5) is 0. The summed E-state index contributed by atoms with van der Waals surface area (Å²) < 4.78 is 23.0. The highest BCUT2D eigenvalue weighted by molar-refractivity contribution is 7.91. The Balaban J connectivity index is 3.60. The summed E-state index contributed by atoms with van der Waals surface area (Å²) in [6, 6.07) is 0. The predicted octanol–water partition coefficient (Wildman–Crippen LogP) is 2.23. The van der Waals surface area contributed by atoms with Crippen LogP contribution in [0.1, 0.15) is 46.5 Å². The molecule has 0 aromatic rings. The number of hydrogen-bond donors (Lipinski definition) is 1. The van der Waals surface area contributed by atoms with Crippen LogP contribution in [-0.2, 0) is 9.84 Å². The van der Waals surface area contributed by atoms with Gasteiger partial charge in [-0.2, -0.15) is 0 Å². The average Bonchev–Trinajstić information content (AvgIpc) is 2.22. The summed E-state index contributed by atoms with van der Waals surface area (Å²) in [6.07, 6.45) is 3.76. The molecular weight excluding hydrogens is 222 g/mol. The maximum atomic E-state index is 11.5. The lowest BCUT2D eigenvalue weighted by Crippen LogP contribution is -2.19. The van der Waals surface area contributed by atoms with Gasteiger partial charge in [0.25, 0.3) is 0 Å². The van der Waals surface area contributed by atoms with Crippen LogP contribution in [0.2, 0.25) is 0 Å². The van der Waals surface area contributed by atoms with Crippen molar-refractivity contribution in [3.05, 3.63) is 0 Å². The molecular formula is C12H27NO2S. The third kappa shape index (κ3) is 9.16. The lowest BCUT2D eigenvalue weighted by atomic mass is 10.1. The molecule has 0 aliphatic rings. The monoisotopic (exact) mass is 249 g/mol. The fourth-order valence-corrected chi connectivity index (χ4v) is 3.18. The third-order valence-corrected chi connectivity index (χ3v) is 4.57. The number of hydrogen-bond acceptors (Lipinski definition) is 3. The molecule has 1 N–H and O–H groups in total. The highest BCUT2D eigenvalue weighted by atomic mass is 32.2. The minimum atomic E-state index is -2.78. The number of rotatable bonds is 10. The topological polar surface area (TPSA) is 46.2 Å². The molecule has 0 saturated carbocycles. The zero-order chi connectivity index (χ0) is 12.4. The van der Waals surface area contributed by atoms with Crippen LogP contribution in [0.15, 0.2) is 0 Å². The maximum Gasteiger partial charge on any atom is 0.150 e. The van der Waals surface area contributed by atoms with E-state index in [0.29, 0.717) is 17.4 Å². The molecule has 0 bridgehead atoms. The molecule has 0 aromatic heterocycles. The molecule has 0 radical (unpaired) electrons. The lowest BCUT2D eigenvalue weighted by molar-refractivity contribution is 0.484. The van der Waals surface area contributed by atoms with Gasteiger partial charge in [-0.25, -0.2) is 8.42 Å². The van der Waals surface area contributed by atoms with Gasteiger partial charge in [-0.3, -0.25) is 0 Å². The second-order valence-electron chi connectivity index (χ2n) is 4.58. The normalized spacial score (nSPS) is 13.9. The molecule has 16 heavy (non-hydrogen) atoms. The van der Waals surface area contributed by atoms with Crippen molar-refractivity contribution in [1.82, 2.24) is 5.32 Å². The second-order valence-corrected chi connectivity index (χ2v) is 6.89. The van der Waals surface area contributed by atoms with Crippen molar-refractivity contribution in [1.29, 1.82) is 0 Å². The van der Waals surface area contributed by atoms with Gasteiger partial charge in [0.15, 0.2) is 0 Å². The highest BCUT2D eigenvalue weighted by Crippen LogP contribution is 2.09. The van der Waals surface area contributed by atoms with Crippen molar-refractivity contribution in [2.24, 2.45) is 5.92 Å². The van der Waals surface area contributed by atoms with Crippen LogP contribution in [0.25, 0.3) is 0 Å². The Labute approximate surface area is 101 Å². The third-order valence-electron chi connectivity index (χ3n) is 2.68. The Kier molecular flexibility index (Phi) is 8.94. The molecule has 3 nitrogen and oxygen atoms in total. The van der Waals surface area contributed by atoms with Crippen LogP contribution in [-0.4, -0.2) is 33.0 Å². The molecule has 1 unspecified atom stereocenters. The van der Waals surface area contributed by atoms with Crippen LogP contribution >= 0.6 is 0 Å². The fraction of sp³-hybridized carbons (Fsp3) is 1.00. The van der Waals surface area contributed by atoms with Crippen LogP contribution < -0.4 is 5.32 Å². The first kappa shape index (κ1) is 15.9. The van der Waals surface area contributed by atoms with Gasteiger partial charge in [0.05, 0.1) is 5.75 Å². The van der Waals surface area contributed by atoms with Crippen LogP contribution in [0, 0.1) is 5.92 Å². The Morgan fingerprint density at radius 2 is 1.69 bits per heavy atom. The quantitative estimate of drug-likeness (QED) is 0.604. The molecule has 0 aliphatic carbocycles. The zero-order valence-corrected chi connectivity index (χ0v) is 11.8. The van der Waals surface area contributed by atoms with E-state index < -0.39 is 9.84 Å². The number of nitrogens with one attached hydrogen (secondary N) is 1. The van der Waals surface area contributed by atoms with Crippen molar-refractivity contribution in [2.45, 2.75) is 46.5 Å². The van der Waals surface area contributed by atoms with E-state index in [1.165, 1.54) is 0 Å². The molecule has 0 fully saturated rings. The Morgan fingerprint density at radius 1 is 1.00 bits per heavy atom. The first-order valence-electron chi connectivity index (χ1n) is 6.43. The molecule has 0 aromatic carbocycles. The zero-order valence-electron chi connectivity index (χ0n) is 11.0. The van der Waals surface area contributed by atoms with Crippen LogP contribution in [0.5, 0.6) is 0 Å². The van der Waals surface area contributed by atoms with Gasteiger partial charge in [0, 0.05) is 5.75 Å². The number of sulfone groups is 1. The van der Waals surface area contributed by atoms with E-state index in [2.05, 4.69) is 19.2 Å². The highest BCUT2D eigenvalue weighted by Gasteiger charge is 2.11. The van der Waals surface area contributed by atoms with E-state index in [-0.39, 0.29) is 0 Å². The predicted molar refractivity (Wildman–Crippen MR) is 70.5 cm³/mol. The van der Waals surface area contributed by atoms with Gasteiger partial charge >= 0.3 is 0 Å². The summed E-state index contributed by atoms with van der Waals surface area (Å²) in [5, 5.41) is 3.34. The minimum absolute atomic E-state index is 0.341. The van der Waals surface area contributed by atoms with Crippen molar-refractivity contribution in [3.8, 4) is 0 Å². The summed E-state index contributed by atoms with van der Waals surface area (Å²) in [5.74, 6) is 1.19. The van der Waals surface area contributed by atoms with E-state index >= 15 is 0 Å². The Morgan fingerprint density at radius 3 is 2.25 bits per heavy atom. The van der Waals surface area contributed by atoms with Crippen molar-refractivity contribution in [2.75, 3.05) is 24.6 Å². The molecule has 98 valence electrons. The molecule has 1 atom stereocenters. The van der Waals surface area contributed by atoms with E-state index in [4.69, 9.17) is 0 Å². The molecule has 0 amide bonds. The molecule has 0 aliphatic heterocycles. The van der Waals surface area contributed by atoms with E-state index in [1.54, 1.807) is 0 Å². The summed E-state index contributed by atoms with van der Waals surface area (Å²) in [7, 11) is -2.78. The Hall–Kier alpha value is -0.0900. The summed E-state index contributed by atoms with van der Waals surface area (Å²) in [5.41, 5.74) is 0. The molecule has 4 heteroatoms. The van der Waals surface area contributed by atoms with E-state index in [9.17, 15) is 8.42 Å². The van der Waals surface area contributed by atoms with Crippen LogP contribution in [0.3, 0.4) is 0 Å². The van der Waals surface area contributed by atoms with E-state index in [1.807, 2.05) is 6.92 Å². The first-order chi connectivity index (χ1) is 7.52. The largest absolute Gasteiger partial charge is 0.317 e. The van der Waals surface area contributed by atoms with Gasteiger partial charge in [-0.1, -0.05) is 20.8 Å². The van der Waals surface area contributed by atoms with Gasteiger partial charge in [0.2, 0.25) is 0 Å². The van der Waals surface area contributed by atoms with E-state index in [0.717, 1.165) is 38.8 Å². The standard InChI is InChI=1S/C12H27NO2S/c1-4-8-13-9-6-12(3)7-11-16(14,15)10-5-2/h12-13H,4-11H2,1-3H3. The van der Waals surface area contributed by atoms with Gasteiger partial charge in [-0.05, 0) is 44.7 Å². The molecule has 0 spiro atoms. The van der Waals surface area contributed by atoms with Gasteiger partial charge < -0.3 is 5.32 Å². The Bertz CT molecular complexity index is 250. The lowest BCUT2D eigenvalue weighted by Gasteiger charge is -2.11. The van der Waals surface area contributed by atoms with Gasteiger partial charge in [0.1, 0.15) is 9.84 Å². The molecule has 0 heterocycles. The molecule has 0 saturated heterocycles. The minimum Gasteiger partial charge on any atom is -0.317 e. The average molecular weight is 249 g/mol. The summed E-state index contributed by atoms with van der Waals surface area (Å²) >= 11 is 0. The maximum absolute atomic E-state index is 11.5. The first-order valence-corrected chi connectivity index (χ1v) is 8.25. The summed E-state index contributed by atoms with van der Waals surface area (Å²) in [6.45, 7) is 8.25. The van der Waals surface area contributed by atoms with Crippen molar-refractivity contribution >= 4 is 9.84 Å². The SMILES string of the molecule is CCCNCCC(C)CCS(=O)(=O)CCC. The van der Waals surface area contributed by atoms with Crippen molar-refractivity contribution in [3.63, 3.8) is 0 Å². The van der Waals surface area contributed by atoms with Crippen molar-refractivity contribution < 1.29 is 8.42 Å². The van der Waals surface area contributed by atoms with Gasteiger partial charge in [-0.15, -0.1) is 0 Å². The fourth-order valence-electron chi connectivity index (χ4n) is 1.59. The van der Waals surface area contributed by atoms with Crippen LogP contribution in [0.4, 0.5) is 0 Å². The molecule has 0 rings (SSSR count). The second kappa shape index (κ2) is 8.99.